The van der Waals surface area contributed by atoms with Crippen LogP contribution in [0.15, 0.2) is 24.4 Å². The van der Waals surface area contributed by atoms with Gasteiger partial charge in [0.05, 0.1) is 0 Å². The van der Waals surface area contributed by atoms with Crippen LogP contribution in [0.5, 0.6) is 0 Å². The summed E-state index contributed by atoms with van der Waals surface area (Å²) in [4.78, 5) is 4.09. The number of nitrogens with zero attached hydrogens (tertiary/aromatic N) is 1. The van der Waals surface area contributed by atoms with Crippen LogP contribution >= 0.6 is 0 Å². The minimum atomic E-state index is 0.678. The highest BCUT2D eigenvalue weighted by Crippen LogP contribution is 2.05. The Hall–Kier alpha value is -1.39. The highest BCUT2D eigenvalue weighted by atomic mass is 15.2. The minimum Gasteiger partial charge on any atom is -0.319 e. The number of nitrogens with one attached hydrogen (secondary N) is 2. The molecular weight excluding hydrogens is 176 g/mol. The van der Waals surface area contributed by atoms with Crippen LogP contribution in [0.4, 0.5) is 5.82 Å². The minimum absolute atomic E-state index is 0.678. The lowest BCUT2D eigenvalue weighted by Crippen LogP contribution is -2.07. The molecule has 4 heteroatoms. The number of hydrogen-bond acceptors (Lipinski definition) is 4. The van der Waals surface area contributed by atoms with Gasteiger partial charge in [0.25, 0.3) is 0 Å². The Morgan fingerprint density at radius 2 is 2.36 bits per heavy atom. The lowest BCUT2D eigenvalue weighted by atomic mass is 10.2. The SMILES string of the molecule is CNCCC=Cc1ccc(NN)nc1. The molecule has 0 aromatic carbocycles. The highest BCUT2D eigenvalue weighted by Gasteiger charge is 1.89. The van der Waals surface area contributed by atoms with E-state index in [-0.39, 0.29) is 0 Å². The van der Waals surface area contributed by atoms with Crippen molar-refractivity contribution in [1.29, 1.82) is 0 Å². The van der Waals surface area contributed by atoms with Gasteiger partial charge in [-0.2, -0.15) is 0 Å². The second-order valence-electron chi connectivity index (χ2n) is 2.92. The fraction of sp³-hybridized carbons (Fsp3) is 0.300. The van der Waals surface area contributed by atoms with Gasteiger partial charge < -0.3 is 10.7 Å². The third-order valence-corrected chi connectivity index (χ3v) is 1.81. The molecule has 76 valence electrons. The number of nitrogens with two attached hydrogens (primary N) is 1. The molecule has 0 radical (unpaired) electrons. The van der Waals surface area contributed by atoms with Gasteiger partial charge in [-0.05, 0) is 37.7 Å². The Bertz CT molecular complexity index is 279. The molecule has 1 rings (SSSR count). The van der Waals surface area contributed by atoms with Crippen LogP contribution in [0, 0.1) is 0 Å². The Balaban J connectivity index is 2.47. The van der Waals surface area contributed by atoms with Crippen molar-refractivity contribution < 1.29 is 0 Å². The number of rotatable bonds is 5. The van der Waals surface area contributed by atoms with Gasteiger partial charge in [0.2, 0.25) is 0 Å². The van der Waals surface area contributed by atoms with Crippen molar-refractivity contribution in [3.63, 3.8) is 0 Å². The molecule has 0 aliphatic rings. The summed E-state index contributed by atoms with van der Waals surface area (Å²) in [6.45, 7) is 0.992. The van der Waals surface area contributed by atoms with Crippen LogP contribution in [0.2, 0.25) is 0 Å². The summed E-state index contributed by atoms with van der Waals surface area (Å²) in [5.74, 6) is 5.88. The van der Waals surface area contributed by atoms with E-state index < -0.39 is 0 Å². The average Bonchev–Trinajstić information content (AvgIpc) is 2.25. The molecule has 0 unspecified atom stereocenters. The first-order chi connectivity index (χ1) is 6.86. The molecule has 1 heterocycles. The van der Waals surface area contributed by atoms with Crippen molar-refractivity contribution in [3.05, 3.63) is 30.0 Å². The van der Waals surface area contributed by atoms with Crippen molar-refractivity contribution in [2.75, 3.05) is 19.0 Å². The molecule has 0 fully saturated rings. The first kappa shape index (κ1) is 10.7. The fourth-order valence-electron chi connectivity index (χ4n) is 1.04. The maximum absolute atomic E-state index is 5.20. The van der Waals surface area contributed by atoms with Crippen molar-refractivity contribution in [1.82, 2.24) is 10.3 Å². The van der Waals surface area contributed by atoms with Gasteiger partial charge in [-0.15, -0.1) is 0 Å². The third kappa shape index (κ3) is 3.55. The number of hydrazine groups is 1. The van der Waals surface area contributed by atoms with Crippen LogP contribution in [0.3, 0.4) is 0 Å². The van der Waals surface area contributed by atoms with Gasteiger partial charge in [-0.1, -0.05) is 12.2 Å². The monoisotopic (exact) mass is 192 g/mol. The molecule has 0 atom stereocenters. The van der Waals surface area contributed by atoms with Crippen LogP contribution in [0.25, 0.3) is 6.08 Å². The zero-order chi connectivity index (χ0) is 10.2. The summed E-state index contributed by atoms with van der Waals surface area (Å²) in [5, 5.41) is 3.08. The fourth-order valence-corrected chi connectivity index (χ4v) is 1.04. The van der Waals surface area contributed by atoms with Crippen molar-refractivity contribution in [3.8, 4) is 0 Å². The number of nitrogen functional groups attached to an aromatic ring is 1. The Labute approximate surface area is 84.2 Å². The maximum atomic E-state index is 5.20. The van der Waals surface area contributed by atoms with E-state index in [1.54, 1.807) is 6.20 Å². The zero-order valence-corrected chi connectivity index (χ0v) is 8.33. The van der Waals surface area contributed by atoms with Crippen molar-refractivity contribution in [2.24, 2.45) is 5.84 Å². The van der Waals surface area contributed by atoms with E-state index >= 15 is 0 Å². The molecule has 1 aromatic heterocycles. The lowest BCUT2D eigenvalue weighted by molar-refractivity contribution is 0.809. The molecular formula is C10H16N4. The van der Waals surface area contributed by atoms with Gasteiger partial charge in [0.1, 0.15) is 5.82 Å². The number of pyridine rings is 1. The van der Waals surface area contributed by atoms with Gasteiger partial charge in [0.15, 0.2) is 0 Å². The summed E-state index contributed by atoms with van der Waals surface area (Å²) in [6, 6.07) is 3.82. The molecule has 0 aliphatic heterocycles. The topological polar surface area (TPSA) is 63.0 Å². The second-order valence-corrected chi connectivity index (χ2v) is 2.92. The standard InChI is InChI=1S/C10H16N4/c1-12-7-3-2-4-9-5-6-10(14-11)13-8-9/h2,4-6,8,12H,3,7,11H2,1H3,(H,13,14). The van der Waals surface area contributed by atoms with Crippen molar-refractivity contribution in [2.45, 2.75) is 6.42 Å². The average molecular weight is 192 g/mol. The number of hydrogen-bond donors (Lipinski definition) is 3. The van der Waals surface area contributed by atoms with Gasteiger partial charge in [-0.25, -0.2) is 10.8 Å². The molecule has 0 amide bonds. The predicted molar refractivity (Wildman–Crippen MR) is 59.6 cm³/mol. The van der Waals surface area contributed by atoms with Crippen LogP contribution < -0.4 is 16.6 Å². The Kier molecular flexibility index (Phi) is 4.68. The normalized spacial score (nSPS) is 10.7. The molecule has 1 aromatic rings. The summed E-state index contributed by atoms with van der Waals surface area (Å²) >= 11 is 0. The summed E-state index contributed by atoms with van der Waals surface area (Å²) in [6.07, 6.45) is 6.96. The number of aromatic nitrogens is 1. The van der Waals surface area contributed by atoms with E-state index in [1.165, 1.54) is 0 Å². The first-order valence-corrected chi connectivity index (χ1v) is 4.60. The van der Waals surface area contributed by atoms with E-state index in [9.17, 15) is 0 Å². The first-order valence-electron chi connectivity index (χ1n) is 4.60. The highest BCUT2D eigenvalue weighted by molar-refractivity contribution is 5.50. The number of anilines is 1. The van der Waals surface area contributed by atoms with E-state index in [0.29, 0.717) is 5.82 Å². The van der Waals surface area contributed by atoms with E-state index in [1.807, 2.05) is 25.3 Å². The molecule has 0 saturated carbocycles. The van der Waals surface area contributed by atoms with E-state index in [2.05, 4.69) is 21.8 Å². The van der Waals surface area contributed by atoms with Gasteiger partial charge in [-0.3, -0.25) is 0 Å². The Morgan fingerprint density at radius 1 is 1.50 bits per heavy atom. The van der Waals surface area contributed by atoms with E-state index in [4.69, 9.17) is 5.84 Å². The molecule has 4 N–H and O–H groups in total. The predicted octanol–water partition coefficient (Wildman–Crippen LogP) is 0.990. The maximum Gasteiger partial charge on any atom is 0.139 e. The largest absolute Gasteiger partial charge is 0.319 e. The molecule has 0 aliphatic carbocycles. The quantitative estimate of drug-likeness (QED) is 0.370. The van der Waals surface area contributed by atoms with Crippen LogP contribution in [-0.4, -0.2) is 18.6 Å². The molecule has 0 spiro atoms. The van der Waals surface area contributed by atoms with Crippen molar-refractivity contribution >= 4 is 11.9 Å². The zero-order valence-electron chi connectivity index (χ0n) is 8.33. The summed E-state index contributed by atoms with van der Waals surface area (Å²) < 4.78 is 0. The summed E-state index contributed by atoms with van der Waals surface area (Å²) in [5.41, 5.74) is 3.57. The van der Waals surface area contributed by atoms with Gasteiger partial charge >= 0.3 is 0 Å². The molecule has 14 heavy (non-hydrogen) atoms. The van der Waals surface area contributed by atoms with Gasteiger partial charge in [0, 0.05) is 6.20 Å². The van der Waals surface area contributed by atoms with Crippen LogP contribution in [0.1, 0.15) is 12.0 Å². The molecule has 4 nitrogen and oxygen atoms in total. The molecule has 0 bridgehead atoms. The second kappa shape index (κ2) is 6.12. The van der Waals surface area contributed by atoms with E-state index in [0.717, 1.165) is 18.5 Å². The third-order valence-electron chi connectivity index (χ3n) is 1.81. The van der Waals surface area contributed by atoms with Crippen LogP contribution in [-0.2, 0) is 0 Å². The lowest BCUT2D eigenvalue weighted by Gasteiger charge is -1.98. The Morgan fingerprint density at radius 3 is 2.93 bits per heavy atom. The smallest absolute Gasteiger partial charge is 0.139 e. The molecule has 0 saturated heterocycles. The summed E-state index contributed by atoms with van der Waals surface area (Å²) in [7, 11) is 1.94.